The van der Waals surface area contributed by atoms with Gasteiger partial charge >= 0.3 is 0 Å². The molecular weight excluding hydrogens is 302 g/mol. The van der Waals surface area contributed by atoms with Gasteiger partial charge in [0, 0.05) is 31.5 Å². The summed E-state index contributed by atoms with van der Waals surface area (Å²) in [4.78, 5) is 2.62. The molecule has 128 valence electrons. The molecule has 0 aliphatic carbocycles. The lowest BCUT2D eigenvalue weighted by molar-refractivity contribution is 0.126. The summed E-state index contributed by atoms with van der Waals surface area (Å²) in [6.07, 6.45) is 8.98. The number of hydrogen-bond acceptors (Lipinski definition) is 4. The van der Waals surface area contributed by atoms with Gasteiger partial charge in [0.05, 0.1) is 0 Å². The van der Waals surface area contributed by atoms with Gasteiger partial charge in [-0.1, -0.05) is 12.5 Å². The van der Waals surface area contributed by atoms with E-state index in [0.717, 1.165) is 31.0 Å². The Bertz CT molecular complexity index is 657. The number of hydrogen-bond donors (Lipinski definition) is 0. The highest BCUT2D eigenvalue weighted by molar-refractivity contribution is 5.43. The van der Waals surface area contributed by atoms with E-state index < -0.39 is 0 Å². The molecule has 0 amide bonds. The van der Waals surface area contributed by atoms with Crippen LogP contribution in [0.3, 0.4) is 0 Å². The lowest BCUT2D eigenvalue weighted by Crippen LogP contribution is -2.39. The maximum absolute atomic E-state index is 5.72. The van der Waals surface area contributed by atoms with Crippen LogP contribution in [0, 0.1) is 0 Å². The van der Waals surface area contributed by atoms with Crippen molar-refractivity contribution in [3.05, 3.63) is 42.2 Å². The van der Waals surface area contributed by atoms with Crippen LogP contribution in [0.1, 0.15) is 31.2 Å². The summed E-state index contributed by atoms with van der Waals surface area (Å²) in [7, 11) is 0. The minimum Gasteiger partial charge on any atom is -0.486 e. The lowest BCUT2D eigenvalue weighted by Gasteiger charge is -2.36. The van der Waals surface area contributed by atoms with E-state index in [1.807, 2.05) is 29.2 Å². The first-order valence-corrected chi connectivity index (χ1v) is 8.98. The first-order valence-electron chi connectivity index (χ1n) is 8.98. The molecule has 2 aromatic rings. The lowest BCUT2D eigenvalue weighted by atomic mass is 9.98. The Morgan fingerprint density at radius 2 is 2.04 bits per heavy atom. The second-order valence-corrected chi connectivity index (χ2v) is 6.66. The molecular formula is C19H25N3O2. The average Bonchev–Trinajstić information content (AvgIpc) is 3.14. The number of likely N-dealkylation sites (tertiary alicyclic amines) is 1. The molecule has 1 atom stereocenters. The molecule has 1 fully saturated rings. The Labute approximate surface area is 143 Å². The Balaban J connectivity index is 1.41. The van der Waals surface area contributed by atoms with Crippen molar-refractivity contribution in [2.24, 2.45) is 0 Å². The average molecular weight is 327 g/mol. The van der Waals surface area contributed by atoms with E-state index in [1.165, 1.54) is 31.4 Å². The van der Waals surface area contributed by atoms with E-state index in [9.17, 15) is 0 Å². The zero-order chi connectivity index (χ0) is 16.2. The van der Waals surface area contributed by atoms with Crippen LogP contribution in [0.25, 0.3) is 0 Å². The largest absolute Gasteiger partial charge is 0.486 e. The molecule has 2 aliphatic rings. The molecule has 0 N–H and O–H groups in total. The van der Waals surface area contributed by atoms with Gasteiger partial charge in [-0.3, -0.25) is 9.58 Å². The van der Waals surface area contributed by atoms with E-state index >= 15 is 0 Å². The zero-order valence-corrected chi connectivity index (χ0v) is 14.1. The molecule has 0 radical (unpaired) electrons. The van der Waals surface area contributed by atoms with Crippen molar-refractivity contribution in [3.63, 3.8) is 0 Å². The zero-order valence-electron chi connectivity index (χ0n) is 14.1. The third-order valence-electron chi connectivity index (χ3n) is 4.99. The Hall–Kier alpha value is -2.01. The molecule has 0 saturated carbocycles. The molecule has 1 aromatic carbocycles. The maximum Gasteiger partial charge on any atom is 0.161 e. The highest BCUT2D eigenvalue weighted by Gasteiger charge is 2.23. The van der Waals surface area contributed by atoms with E-state index in [-0.39, 0.29) is 0 Å². The Kier molecular flexibility index (Phi) is 4.69. The van der Waals surface area contributed by atoms with Gasteiger partial charge in [0.2, 0.25) is 0 Å². The Morgan fingerprint density at radius 1 is 1.12 bits per heavy atom. The van der Waals surface area contributed by atoms with Crippen molar-refractivity contribution in [1.29, 1.82) is 0 Å². The topological polar surface area (TPSA) is 39.5 Å². The van der Waals surface area contributed by atoms with E-state index in [1.54, 1.807) is 0 Å². The van der Waals surface area contributed by atoms with Crippen molar-refractivity contribution in [1.82, 2.24) is 14.7 Å². The molecule has 2 aliphatic heterocycles. The fraction of sp³-hybridized carbons (Fsp3) is 0.526. The van der Waals surface area contributed by atoms with Gasteiger partial charge in [0.15, 0.2) is 11.5 Å². The molecule has 24 heavy (non-hydrogen) atoms. The summed E-state index contributed by atoms with van der Waals surface area (Å²) in [6, 6.07) is 9.00. The number of nitrogens with zero attached hydrogens (tertiary/aromatic N) is 3. The van der Waals surface area contributed by atoms with Crippen LogP contribution in [-0.2, 0) is 13.1 Å². The summed E-state index contributed by atoms with van der Waals surface area (Å²) in [5.41, 5.74) is 1.31. The minimum absolute atomic E-state index is 0.635. The van der Waals surface area contributed by atoms with Gasteiger partial charge in [-0.2, -0.15) is 5.10 Å². The van der Waals surface area contributed by atoms with Crippen LogP contribution in [0.15, 0.2) is 36.7 Å². The molecule has 1 aromatic heterocycles. The quantitative estimate of drug-likeness (QED) is 0.846. The summed E-state index contributed by atoms with van der Waals surface area (Å²) >= 11 is 0. The number of piperidine rings is 1. The van der Waals surface area contributed by atoms with Crippen LogP contribution in [0.4, 0.5) is 0 Å². The fourth-order valence-corrected chi connectivity index (χ4v) is 3.73. The number of benzene rings is 1. The number of rotatable bonds is 5. The highest BCUT2D eigenvalue weighted by atomic mass is 16.6. The summed E-state index contributed by atoms with van der Waals surface area (Å²) < 4.78 is 13.4. The van der Waals surface area contributed by atoms with Gasteiger partial charge in [0.25, 0.3) is 0 Å². The van der Waals surface area contributed by atoms with Gasteiger partial charge in [-0.05, 0) is 49.6 Å². The summed E-state index contributed by atoms with van der Waals surface area (Å²) in [6.45, 7) is 4.45. The maximum atomic E-state index is 5.72. The monoisotopic (exact) mass is 327 g/mol. The molecule has 1 saturated heterocycles. The first-order chi connectivity index (χ1) is 11.9. The van der Waals surface area contributed by atoms with E-state index in [4.69, 9.17) is 9.47 Å². The third-order valence-corrected chi connectivity index (χ3v) is 4.99. The smallest absolute Gasteiger partial charge is 0.161 e. The summed E-state index contributed by atoms with van der Waals surface area (Å²) in [5.74, 6) is 1.77. The first kappa shape index (κ1) is 15.5. The van der Waals surface area contributed by atoms with Gasteiger partial charge < -0.3 is 9.47 Å². The normalized spacial score (nSPS) is 20.9. The van der Waals surface area contributed by atoms with Crippen LogP contribution < -0.4 is 9.47 Å². The van der Waals surface area contributed by atoms with Crippen LogP contribution >= 0.6 is 0 Å². The number of ether oxygens (including phenoxy) is 2. The molecule has 5 nitrogen and oxygen atoms in total. The van der Waals surface area contributed by atoms with Gasteiger partial charge in [-0.15, -0.1) is 0 Å². The fourth-order valence-electron chi connectivity index (χ4n) is 3.73. The van der Waals surface area contributed by atoms with Gasteiger partial charge in [0.1, 0.15) is 13.2 Å². The predicted molar refractivity (Wildman–Crippen MR) is 92.3 cm³/mol. The van der Waals surface area contributed by atoms with Gasteiger partial charge in [-0.25, -0.2) is 0 Å². The van der Waals surface area contributed by atoms with Crippen molar-refractivity contribution in [2.45, 2.75) is 44.8 Å². The van der Waals surface area contributed by atoms with Crippen molar-refractivity contribution in [3.8, 4) is 11.5 Å². The number of fused-ring (bicyclic) bond motifs is 1. The molecule has 3 heterocycles. The standard InChI is InChI=1S/C19H25N3O2/c1-2-9-21(17(4-1)7-11-22-10-3-8-20-22)15-16-5-6-18-19(14-16)24-13-12-23-18/h3,5-6,8,10,14,17H,1-2,4,7,9,11-13,15H2. The number of aromatic nitrogens is 2. The molecule has 5 heteroatoms. The number of aryl methyl sites for hydroxylation is 1. The molecule has 4 rings (SSSR count). The summed E-state index contributed by atoms with van der Waals surface area (Å²) in [5, 5.41) is 4.33. The third kappa shape index (κ3) is 3.56. The van der Waals surface area contributed by atoms with Crippen LogP contribution in [0.2, 0.25) is 0 Å². The predicted octanol–water partition coefficient (Wildman–Crippen LogP) is 3.10. The second-order valence-electron chi connectivity index (χ2n) is 6.66. The minimum atomic E-state index is 0.635. The second kappa shape index (κ2) is 7.26. The molecule has 0 bridgehead atoms. The van der Waals surface area contributed by atoms with Crippen molar-refractivity contribution >= 4 is 0 Å². The highest BCUT2D eigenvalue weighted by Crippen LogP contribution is 2.32. The van der Waals surface area contributed by atoms with Crippen LogP contribution in [-0.4, -0.2) is 40.5 Å². The van der Waals surface area contributed by atoms with Crippen molar-refractivity contribution < 1.29 is 9.47 Å². The van der Waals surface area contributed by atoms with E-state index in [2.05, 4.69) is 22.1 Å². The molecule has 0 spiro atoms. The van der Waals surface area contributed by atoms with Crippen LogP contribution in [0.5, 0.6) is 11.5 Å². The molecule has 1 unspecified atom stereocenters. The van der Waals surface area contributed by atoms with E-state index in [0.29, 0.717) is 19.3 Å². The SMILES string of the molecule is c1cnn(CCC2CCCCN2Cc2ccc3c(c2)OCCO3)c1. The Morgan fingerprint density at radius 3 is 2.92 bits per heavy atom. The van der Waals surface area contributed by atoms with Crippen molar-refractivity contribution in [2.75, 3.05) is 19.8 Å².